The Labute approximate surface area is 201 Å². The van der Waals surface area contributed by atoms with E-state index in [9.17, 15) is 4.79 Å². The summed E-state index contributed by atoms with van der Waals surface area (Å²) in [6.45, 7) is 2.42. The van der Waals surface area contributed by atoms with Gasteiger partial charge in [-0.25, -0.2) is 14.5 Å². The van der Waals surface area contributed by atoms with Crippen molar-refractivity contribution in [2.75, 3.05) is 26.3 Å². The van der Waals surface area contributed by atoms with Gasteiger partial charge in [0.2, 0.25) is 0 Å². The Morgan fingerprint density at radius 2 is 1.80 bits per heavy atom. The number of aromatic nitrogens is 5. The first-order valence-electron chi connectivity index (χ1n) is 11.4. The van der Waals surface area contributed by atoms with Gasteiger partial charge < -0.3 is 14.2 Å². The zero-order valence-electron chi connectivity index (χ0n) is 19.2. The third-order valence-electron chi connectivity index (χ3n) is 6.18. The van der Waals surface area contributed by atoms with Gasteiger partial charge in [-0.05, 0) is 42.3 Å². The highest BCUT2D eigenvalue weighted by molar-refractivity contribution is 5.94. The van der Waals surface area contributed by atoms with Gasteiger partial charge in [0.15, 0.2) is 5.65 Å². The number of benzene rings is 1. The molecule has 4 aromatic heterocycles. The first-order valence-corrected chi connectivity index (χ1v) is 11.4. The summed E-state index contributed by atoms with van der Waals surface area (Å²) in [5, 5.41) is 5.78. The molecule has 35 heavy (non-hydrogen) atoms. The van der Waals surface area contributed by atoms with Crippen LogP contribution in [-0.4, -0.2) is 61.3 Å². The second-order valence-corrected chi connectivity index (χ2v) is 8.39. The standard InChI is InChI=1S/C27H22N6O2/c1-31-13-11-23-19(10-12-28-26(23)31)6-7-22-18-29-25-9-8-24(30-33(22)25)20-2-4-21(5-3-20)27(34)32-14-16-35-17-15-32/h2-5,8-13,18H,14-17H2,1H3. The van der Waals surface area contributed by atoms with Crippen LogP contribution in [0.3, 0.4) is 0 Å². The average molecular weight is 463 g/mol. The van der Waals surface area contributed by atoms with Gasteiger partial charge in [0.05, 0.1) is 25.1 Å². The summed E-state index contributed by atoms with van der Waals surface area (Å²) in [6.07, 6.45) is 5.47. The minimum atomic E-state index is 0.0269. The van der Waals surface area contributed by atoms with Gasteiger partial charge in [0.1, 0.15) is 11.3 Å². The maximum absolute atomic E-state index is 12.7. The lowest BCUT2D eigenvalue weighted by molar-refractivity contribution is 0.0303. The molecule has 0 unspecified atom stereocenters. The number of ether oxygens (including phenoxy) is 1. The smallest absolute Gasteiger partial charge is 0.254 e. The molecule has 1 fully saturated rings. The fourth-order valence-electron chi connectivity index (χ4n) is 4.25. The van der Waals surface area contributed by atoms with E-state index >= 15 is 0 Å². The zero-order chi connectivity index (χ0) is 23.8. The van der Waals surface area contributed by atoms with Crippen LogP contribution in [0.5, 0.6) is 0 Å². The molecule has 0 saturated carbocycles. The van der Waals surface area contributed by atoms with Gasteiger partial charge in [0.25, 0.3) is 5.91 Å². The Bertz CT molecular complexity index is 1610. The van der Waals surface area contributed by atoms with E-state index in [0.29, 0.717) is 37.6 Å². The Morgan fingerprint density at radius 3 is 2.63 bits per heavy atom. The zero-order valence-corrected chi connectivity index (χ0v) is 19.2. The molecule has 5 heterocycles. The Kier molecular flexibility index (Phi) is 5.24. The van der Waals surface area contributed by atoms with E-state index in [-0.39, 0.29) is 5.91 Å². The van der Waals surface area contributed by atoms with E-state index in [0.717, 1.165) is 33.5 Å². The normalized spacial score (nSPS) is 13.7. The van der Waals surface area contributed by atoms with E-state index in [1.807, 2.05) is 71.2 Å². The second-order valence-electron chi connectivity index (χ2n) is 8.39. The first-order chi connectivity index (χ1) is 17.2. The summed E-state index contributed by atoms with van der Waals surface area (Å²) in [4.78, 5) is 23.4. The second kappa shape index (κ2) is 8.70. The highest BCUT2D eigenvalue weighted by Gasteiger charge is 2.18. The molecule has 8 nitrogen and oxygen atoms in total. The summed E-state index contributed by atoms with van der Waals surface area (Å²) >= 11 is 0. The molecule has 0 radical (unpaired) electrons. The minimum Gasteiger partial charge on any atom is -0.378 e. The number of rotatable bonds is 2. The lowest BCUT2D eigenvalue weighted by Gasteiger charge is -2.26. The number of amides is 1. The number of carbonyl (C=O) groups excluding carboxylic acids is 1. The highest BCUT2D eigenvalue weighted by Crippen LogP contribution is 2.20. The maximum Gasteiger partial charge on any atom is 0.254 e. The van der Waals surface area contributed by atoms with Crippen molar-refractivity contribution in [1.82, 2.24) is 29.0 Å². The van der Waals surface area contributed by atoms with Crippen molar-refractivity contribution in [2.24, 2.45) is 7.05 Å². The first kappa shape index (κ1) is 21.1. The van der Waals surface area contributed by atoms with Gasteiger partial charge in [0, 0.05) is 54.6 Å². The Morgan fingerprint density at radius 1 is 0.971 bits per heavy atom. The number of hydrogen-bond donors (Lipinski definition) is 0. The molecule has 0 atom stereocenters. The van der Waals surface area contributed by atoms with E-state index < -0.39 is 0 Å². The van der Waals surface area contributed by atoms with Crippen LogP contribution in [-0.2, 0) is 11.8 Å². The van der Waals surface area contributed by atoms with E-state index in [4.69, 9.17) is 9.84 Å². The number of hydrogen-bond acceptors (Lipinski definition) is 5. The van der Waals surface area contributed by atoms with Gasteiger partial charge in [-0.1, -0.05) is 18.1 Å². The quantitative estimate of drug-likeness (QED) is 0.377. The molecule has 172 valence electrons. The lowest BCUT2D eigenvalue weighted by atomic mass is 10.1. The summed E-state index contributed by atoms with van der Waals surface area (Å²) in [5.41, 5.74) is 5.57. The van der Waals surface area contributed by atoms with Gasteiger partial charge in [-0.2, -0.15) is 5.10 Å². The molecule has 0 N–H and O–H groups in total. The molecule has 1 saturated heterocycles. The van der Waals surface area contributed by atoms with Crippen molar-refractivity contribution in [3.63, 3.8) is 0 Å². The van der Waals surface area contributed by atoms with E-state index in [2.05, 4.69) is 21.8 Å². The van der Waals surface area contributed by atoms with Crippen molar-refractivity contribution >= 4 is 22.6 Å². The molecule has 0 aliphatic carbocycles. The molecular formula is C27H22N6O2. The van der Waals surface area contributed by atoms with Crippen molar-refractivity contribution in [1.29, 1.82) is 0 Å². The number of fused-ring (bicyclic) bond motifs is 2. The van der Waals surface area contributed by atoms with Crippen molar-refractivity contribution in [2.45, 2.75) is 0 Å². The fourth-order valence-corrected chi connectivity index (χ4v) is 4.25. The topological polar surface area (TPSA) is 77.5 Å². The minimum absolute atomic E-state index is 0.0269. The number of carbonyl (C=O) groups is 1. The van der Waals surface area contributed by atoms with Crippen LogP contribution in [0.2, 0.25) is 0 Å². The predicted octanol–water partition coefficient (Wildman–Crippen LogP) is 3.16. The lowest BCUT2D eigenvalue weighted by Crippen LogP contribution is -2.40. The highest BCUT2D eigenvalue weighted by atomic mass is 16.5. The maximum atomic E-state index is 12.7. The average Bonchev–Trinajstić information content (AvgIpc) is 3.51. The van der Waals surface area contributed by atoms with Crippen LogP contribution < -0.4 is 0 Å². The Balaban J connectivity index is 1.30. The molecule has 1 aliphatic rings. The molecule has 0 bridgehead atoms. The number of nitrogens with zero attached hydrogens (tertiary/aromatic N) is 6. The van der Waals surface area contributed by atoms with Crippen LogP contribution in [0.25, 0.3) is 27.9 Å². The number of imidazole rings is 1. The predicted molar refractivity (Wildman–Crippen MR) is 132 cm³/mol. The van der Waals surface area contributed by atoms with E-state index in [1.54, 1.807) is 16.9 Å². The summed E-state index contributed by atoms with van der Waals surface area (Å²) < 4.78 is 9.06. The summed E-state index contributed by atoms with van der Waals surface area (Å²) in [5.74, 6) is 6.49. The van der Waals surface area contributed by atoms with Gasteiger partial charge in [-0.15, -0.1) is 0 Å². The van der Waals surface area contributed by atoms with Crippen LogP contribution in [0.15, 0.2) is 67.1 Å². The van der Waals surface area contributed by atoms with Crippen LogP contribution >= 0.6 is 0 Å². The molecule has 8 heteroatoms. The molecule has 1 aliphatic heterocycles. The molecule has 0 spiro atoms. The SMILES string of the molecule is Cn1ccc2c(C#Cc3cnc4ccc(-c5ccc(C(=O)N6CCOCC6)cc5)nn34)ccnc21. The monoisotopic (exact) mass is 462 g/mol. The van der Waals surface area contributed by atoms with Crippen molar-refractivity contribution in [3.8, 4) is 23.1 Å². The largest absolute Gasteiger partial charge is 0.378 e. The summed E-state index contributed by atoms with van der Waals surface area (Å²) in [6, 6.07) is 15.3. The van der Waals surface area contributed by atoms with Crippen molar-refractivity contribution in [3.05, 3.63) is 83.9 Å². The molecule has 6 rings (SSSR count). The number of morpholine rings is 1. The molecule has 1 amide bonds. The third kappa shape index (κ3) is 3.92. The molecular weight excluding hydrogens is 440 g/mol. The third-order valence-corrected chi connectivity index (χ3v) is 6.18. The van der Waals surface area contributed by atoms with Crippen molar-refractivity contribution < 1.29 is 9.53 Å². The van der Waals surface area contributed by atoms with E-state index in [1.165, 1.54) is 0 Å². The number of pyridine rings is 1. The number of aryl methyl sites for hydroxylation is 1. The Hall–Kier alpha value is -4.48. The molecule has 1 aromatic carbocycles. The van der Waals surface area contributed by atoms with Gasteiger partial charge in [-0.3, -0.25) is 4.79 Å². The van der Waals surface area contributed by atoms with Crippen LogP contribution in [0.4, 0.5) is 0 Å². The molecule has 5 aromatic rings. The summed E-state index contributed by atoms with van der Waals surface area (Å²) in [7, 11) is 1.97. The van der Waals surface area contributed by atoms with Gasteiger partial charge >= 0.3 is 0 Å². The fraction of sp³-hybridized carbons (Fsp3) is 0.185. The van der Waals surface area contributed by atoms with Crippen LogP contribution in [0.1, 0.15) is 21.6 Å². The van der Waals surface area contributed by atoms with Crippen LogP contribution in [0, 0.1) is 11.8 Å².